The lowest BCUT2D eigenvalue weighted by molar-refractivity contribution is -0.121. The molecule has 0 bridgehead atoms. The van der Waals surface area contributed by atoms with Gasteiger partial charge < -0.3 is 14.2 Å². The topological polar surface area (TPSA) is 118 Å². The molecule has 0 radical (unpaired) electrons. The van der Waals surface area contributed by atoms with Crippen LogP contribution in [0.1, 0.15) is 0 Å². The number of carbonyl (C=O) groups is 3. The van der Waals surface area contributed by atoms with Crippen LogP contribution in [0.2, 0.25) is 0 Å². The number of carbonyl (C=O) groups excluding carboxylic acids is 3. The summed E-state index contributed by atoms with van der Waals surface area (Å²) in [4.78, 5) is 46.3. The van der Waals surface area contributed by atoms with E-state index in [-0.39, 0.29) is 5.75 Å². The molecule has 35 heavy (non-hydrogen) atoms. The van der Waals surface area contributed by atoms with Crippen molar-refractivity contribution in [3.05, 3.63) is 73.1 Å². The summed E-state index contributed by atoms with van der Waals surface area (Å²) in [5, 5.41) is 3.08. The largest absolute Gasteiger partial charge is 0.429 e. The average Bonchev–Trinajstić information content (AvgIpc) is 2.88. The SMILES string of the molecule is O=COc1cc(-c2nccc3cc(OC=O)ccc23)nc(-c2nccc3cc(OC=O)ccc23)c1. The standard InChI is InChI=1S/C26H15N3O6/c30-13-33-18-1-3-21-16(9-18)5-7-27-25(21)23-11-20(35-15-32)12-24(29-23)26-22-4-2-19(34-14-31)10-17(22)6-8-28-26/h1-15H. The normalized spacial score (nSPS) is 10.6. The van der Waals surface area contributed by atoms with Gasteiger partial charge in [-0.25, -0.2) is 4.98 Å². The molecule has 9 nitrogen and oxygen atoms in total. The van der Waals surface area contributed by atoms with Crippen molar-refractivity contribution in [2.75, 3.05) is 0 Å². The lowest BCUT2D eigenvalue weighted by Crippen LogP contribution is -1.98. The van der Waals surface area contributed by atoms with Crippen LogP contribution in [0.5, 0.6) is 17.2 Å². The number of hydrogen-bond donors (Lipinski definition) is 0. The van der Waals surface area contributed by atoms with Gasteiger partial charge in [-0.15, -0.1) is 0 Å². The maximum atomic E-state index is 11.1. The molecule has 0 aliphatic carbocycles. The van der Waals surface area contributed by atoms with E-state index in [2.05, 4.69) is 9.97 Å². The van der Waals surface area contributed by atoms with Crippen molar-refractivity contribution >= 4 is 41.0 Å². The Kier molecular flexibility index (Phi) is 5.79. The summed E-state index contributed by atoms with van der Waals surface area (Å²) in [5.74, 6) is 1.06. The van der Waals surface area contributed by atoms with Gasteiger partial charge in [0.2, 0.25) is 0 Å². The third-order valence-corrected chi connectivity index (χ3v) is 5.31. The van der Waals surface area contributed by atoms with Crippen molar-refractivity contribution in [1.82, 2.24) is 15.0 Å². The summed E-state index contributed by atoms with van der Waals surface area (Å²) < 4.78 is 15.0. The fourth-order valence-corrected chi connectivity index (χ4v) is 3.85. The number of nitrogens with zero attached hydrogens (tertiary/aromatic N) is 3. The molecule has 0 spiro atoms. The summed E-state index contributed by atoms with van der Waals surface area (Å²) >= 11 is 0. The molecule has 5 rings (SSSR count). The molecule has 5 aromatic rings. The lowest BCUT2D eigenvalue weighted by atomic mass is 10.0. The zero-order valence-electron chi connectivity index (χ0n) is 18.0. The van der Waals surface area contributed by atoms with Crippen LogP contribution >= 0.6 is 0 Å². The molecule has 0 aliphatic rings. The minimum atomic E-state index is 0.263. The number of hydrogen-bond acceptors (Lipinski definition) is 9. The fraction of sp³-hybridized carbons (Fsp3) is 0. The van der Waals surface area contributed by atoms with Crippen LogP contribution in [-0.4, -0.2) is 34.4 Å². The van der Waals surface area contributed by atoms with E-state index >= 15 is 0 Å². The van der Waals surface area contributed by atoms with Crippen LogP contribution in [0.3, 0.4) is 0 Å². The van der Waals surface area contributed by atoms with E-state index in [0.717, 1.165) is 21.5 Å². The maximum Gasteiger partial charge on any atom is 0.298 e. The fourth-order valence-electron chi connectivity index (χ4n) is 3.85. The second kappa shape index (κ2) is 9.36. The highest BCUT2D eigenvalue weighted by molar-refractivity contribution is 5.97. The minimum Gasteiger partial charge on any atom is -0.429 e. The molecule has 0 N–H and O–H groups in total. The Hall–Kier alpha value is -5.18. The summed E-state index contributed by atoms with van der Waals surface area (Å²) in [6, 6.07) is 17.1. The summed E-state index contributed by atoms with van der Waals surface area (Å²) in [7, 11) is 0. The minimum absolute atomic E-state index is 0.263. The van der Waals surface area contributed by atoms with E-state index in [1.165, 1.54) is 0 Å². The van der Waals surface area contributed by atoms with Crippen LogP contribution < -0.4 is 14.2 Å². The molecule has 3 aromatic heterocycles. The predicted molar refractivity (Wildman–Crippen MR) is 126 cm³/mol. The van der Waals surface area contributed by atoms with Crippen molar-refractivity contribution in [1.29, 1.82) is 0 Å². The number of benzene rings is 2. The number of ether oxygens (including phenoxy) is 3. The van der Waals surface area contributed by atoms with Gasteiger partial charge >= 0.3 is 0 Å². The Morgan fingerprint density at radius 2 is 1.00 bits per heavy atom. The number of fused-ring (bicyclic) bond motifs is 2. The first-order chi connectivity index (χ1) is 17.2. The van der Waals surface area contributed by atoms with Gasteiger partial charge in [-0.3, -0.25) is 24.4 Å². The van der Waals surface area contributed by atoms with Gasteiger partial charge in [-0.05, 0) is 59.3 Å². The maximum absolute atomic E-state index is 11.1. The third-order valence-electron chi connectivity index (χ3n) is 5.31. The molecule has 0 aliphatic heterocycles. The first kappa shape index (κ1) is 21.7. The smallest absolute Gasteiger partial charge is 0.298 e. The van der Waals surface area contributed by atoms with Crippen molar-refractivity contribution in [2.45, 2.75) is 0 Å². The zero-order valence-corrected chi connectivity index (χ0v) is 18.0. The average molecular weight is 465 g/mol. The van der Waals surface area contributed by atoms with Gasteiger partial charge in [0.1, 0.15) is 17.2 Å². The number of rotatable bonds is 8. The second-order valence-corrected chi connectivity index (χ2v) is 7.30. The molecule has 9 heteroatoms. The van der Waals surface area contributed by atoms with Crippen molar-refractivity contribution < 1.29 is 28.6 Å². The highest BCUT2D eigenvalue weighted by atomic mass is 16.5. The van der Waals surface area contributed by atoms with Gasteiger partial charge in [0.25, 0.3) is 19.4 Å². The monoisotopic (exact) mass is 465 g/mol. The molecular formula is C26H15N3O6. The lowest BCUT2D eigenvalue weighted by Gasteiger charge is -2.11. The summed E-state index contributed by atoms with van der Waals surface area (Å²) in [6.07, 6.45) is 3.23. The van der Waals surface area contributed by atoms with Gasteiger partial charge in [-0.1, -0.05) is 0 Å². The molecule has 3 heterocycles. The quantitative estimate of drug-likeness (QED) is 0.312. The third kappa shape index (κ3) is 4.25. The molecule has 0 atom stereocenters. The van der Waals surface area contributed by atoms with Crippen LogP contribution in [0.25, 0.3) is 44.3 Å². The molecule has 0 saturated carbocycles. The first-order valence-corrected chi connectivity index (χ1v) is 10.3. The Labute approximate surface area is 197 Å². The highest BCUT2D eigenvalue weighted by Gasteiger charge is 2.15. The van der Waals surface area contributed by atoms with E-state index in [4.69, 9.17) is 19.2 Å². The predicted octanol–water partition coefficient (Wildman–Crippen LogP) is 4.12. The van der Waals surface area contributed by atoms with Crippen molar-refractivity contribution in [3.8, 4) is 40.0 Å². The Morgan fingerprint density at radius 3 is 1.46 bits per heavy atom. The van der Waals surface area contributed by atoms with E-state index in [0.29, 0.717) is 53.7 Å². The van der Waals surface area contributed by atoms with Crippen LogP contribution in [0.15, 0.2) is 73.1 Å². The molecule has 0 saturated heterocycles. The van der Waals surface area contributed by atoms with Gasteiger partial charge in [0.15, 0.2) is 0 Å². The van der Waals surface area contributed by atoms with E-state index in [9.17, 15) is 14.4 Å². The highest BCUT2D eigenvalue weighted by Crippen LogP contribution is 2.34. The zero-order chi connectivity index (χ0) is 24.2. The van der Waals surface area contributed by atoms with Crippen LogP contribution in [0.4, 0.5) is 0 Å². The molecule has 0 fully saturated rings. The van der Waals surface area contributed by atoms with E-state index in [1.54, 1.807) is 73.1 Å². The molecule has 2 aromatic carbocycles. The Morgan fingerprint density at radius 1 is 0.543 bits per heavy atom. The van der Waals surface area contributed by atoms with Crippen LogP contribution in [-0.2, 0) is 14.4 Å². The van der Waals surface area contributed by atoms with Gasteiger partial charge in [0.05, 0.1) is 22.8 Å². The number of aromatic nitrogens is 3. The molecule has 0 unspecified atom stereocenters. The van der Waals surface area contributed by atoms with Gasteiger partial charge in [-0.2, -0.15) is 0 Å². The summed E-state index contributed by atoms with van der Waals surface area (Å²) in [5.41, 5.74) is 1.99. The van der Waals surface area contributed by atoms with Gasteiger partial charge in [0, 0.05) is 35.3 Å². The Balaban J connectivity index is 1.69. The van der Waals surface area contributed by atoms with Crippen molar-refractivity contribution in [2.24, 2.45) is 0 Å². The first-order valence-electron chi connectivity index (χ1n) is 10.3. The molecular weight excluding hydrogens is 450 g/mol. The van der Waals surface area contributed by atoms with E-state index < -0.39 is 0 Å². The van der Waals surface area contributed by atoms with E-state index in [1.807, 2.05) is 0 Å². The van der Waals surface area contributed by atoms with Crippen molar-refractivity contribution in [3.63, 3.8) is 0 Å². The Bertz CT molecular complexity index is 1490. The molecule has 0 amide bonds. The molecule has 170 valence electrons. The summed E-state index contributed by atoms with van der Waals surface area (Å²) in [6.45, 7) is 1.06. The van der Waals surface area contributed by atoms with Crippen LogP contribution in [0, 0.1) is 0 Å². The second-order valence-electron chi connectivity index (χ2n) is 7.30. The number of pyridine rings is 3.